The van der Waals surface area contributed by atoms with Gasteiger partial charge in [0.05, 0.1) is 15.5 Å². The van der Waals surface area contributed by atoms with Gasteiger partial charge >= 0.3 is 0 Å². The van der Waals surface area contributed by atoms with Crippen molar-refractivity contribution < 1.29 is 18.1 Å². The van der Waals surface area contributed by atoms with E-state index in [1.165, 1.54) is 41.3 Å². The second-order valence-electron chi connectivity index (χ2n) is 6.97. The van der Waals surface area contributed by atoms with Gasteiger partial charge in [-0.2, -0.15) is 0 Å². The third-order valence-electron chi connectivity index (χ3n) is 4.72. The van der Waals surface area contributed by atoms with Crippen LogP contribution in [0.25, 0.3) is 0 Å². The Morgan fingerprint density at radius 1 is 0.969 bits per heavy atom. The number of benzene rings is 3. The summed E-state index contributed by atoms with van der Waals surface area (Å²) in [5.41, 5.74) is 0.794. The van der Waals surface area contributed by atoms with Crippen LogP contribution in [0.2, 0.25) is 5.02 Å². The van der Waals surface area contributed by atoms with Gasteiger partial charge in [0.25, 0.3) is 15.7 Å². The Bertz CT molecular complexity index is 1200. The molecule has 0 saturated carbocycles. The largest absolute Gasteiger partial charge is 0.340 e. The molecule has 0 aliphatic rings. The van der Waals surface area contributed by atoms with Crippen LogP contribution < -0.4 is 4.31 Å². The van der Waals surface area contributed by atoms with Gasteiger partial charge < -0.3 is 4.90 Å². The van der Waals surface area contributed by atoms with Crippen LogP contribution in [-0.4, -0.2) is 37.7 Å². The Hall–Kier alpha value is -3.43. The molecule has 3 aromatic rings. The average Bonchev–Trinajstić information content (AvgIpc) is 2.79. The number of hydrogen-bond acceptors (Lipinski definition) is 5. The molecular weight excluding hydrogens is 454 g/mol. The van der Waals surface area contributed by atoms with E-state index in [-0.39, 0.29) is 22.8 Å². The first-order valence-corrected chi connectivity index (χ1v) is 11.3. The summed E-state index contributed by atoms with van der Waals surface area (Å²) in [6.07, 6.45) is 0. The first kappa shape index (κ1) is 23.2. The molecule has 0 spiro atoms. The third-order valence-corrected chi connectivity index (χ3v) is 6.76. The molecule has 0 atom stereocenters. The van der Waals surface area contributed by atoms with E-state index >= 15 is 0 Å². The minimum Gasteiger partial charge on any atom is -0.340 e. The highest BCUT2D eigenvalue weighted by Crippen LogP contribution is 2.26. The Labute approximate surface area is 190 Å². The normalized spacial score (nSPS) is 11.1. The van der Waals surface area contributed by atoms with Crippen LogP contribution in [-0.2, 0) is 21.4 Å². The predicted molar refractivity (Wildman–Crippen MR) is 122 cm³/mol. The second-order valence-corrected chi connectivity index (χ2v) is 9.27. The number of sulfonamides is 1. The van der Waals surface area contributed by atoms with Gasteiger partial charge in [-0.3, -0.25) is 19.2 Å². The van der Waals surface area contributed by atoms with Crippen molar-refractivity contribution in [2.24, 2.45) is 0 Å². The zero-order valence-corrected chi connectivity index (χ0v) is 18.7. The highest BCUT2D eigenvalue weighted by atomic mass is 35.5. The minimum absolute atomic E-state index is 0.00603. The van der Waals surface area contributed by atoms with E-state index in [2.05, 4.69) is 0 Å². The number of non-ortho nitro benzene ring substituents is 1. The molecule has 0 N–H and O–H groups in total. The van der Waals surface area contributed by atoms with Gasteiger partial charge in [0.1, 0.15) is 6.54 Å². The summed E-state index contributed by atoms with van der Waals surface area (Å²) < 4.78 is 27.6. The van der Waals surface area contributed by atoms with Crippen molar-refractivity contribution >= 4 is 38.9 Å². The lowest BCUT2D eigenvalue weighted by molar-refractivity contribution is -0.384. The number of carbonyl (C=O) groups is 1. The van der Waals surface area contributed by atoms with Crippen LogP contribution in [0.3, 0.4) is 0 Å². The van der Waals surface area contributed by atoms with E-state index in [4.69, 9.17) is 11.6 Å². The smallest absolute Gasteiger partial charge is 0.269 e. The van der Waals surface area contributed by atoms with E-state index in [1.54, 1.807) is 49.5 Å². The van der Waals surface area contributed by atoms with Gasteiger partial charge in [-0.05, 0) is 42.0 Å². The number of rotatable bonds is 8. The molecule has 0 aliphatic carbocycles. The van der Waals surface area contributed by atoms with Crippen LogP contribution >= 0.6 is 11.6 Å². The van der Waals surface area contributed by atoms with Crippen LogP contribution in [0.15, 0.2) is 83.8 Å². The fourth-order valence-electron chi connectivity index (χ4n) is 2.97. The van der Waals surface area contributed by atoms with Gasteiger partial charge in [0, 0.05) is 30.7 Å². The van der Waals surface area contributed by atoms with Gasteiger partial charge in [-0.25, -0.2) is 8.42 Å². The SMILES string of the molecule is CN(Cc1ccc(Cl)cc1)C(=O)CN(c1ccc([N+](=O)[O-])cc1)S(=O)(=O)c1ccccc1. The predicted octanol–water partition coefficient (Wildman–Crippen LogP) is 4.10. The number of carbonyl (C=O) groups excluding carboxylic acids is 1. The molecule has 0 radical (unpaired) electrons. The van der Waals surface area contributed by atoms with E-state index in [1.807, 2.05) is 0 Å². The van der Waals surface area contributed by atoms with Crippen LogP contribution in [0.1, 0.15) is 5.56 Å². The molecule has 0 unspecified atom stereocenters. The quantitative estimate of drug-likeness (QED) is 0.362. The van der Waals surface area contributed by atoms with Crippen LogP contribution in [0.5, 0.6) is 0 Å². The number of nitro benzene ring substituents is 1. The molecule has 32 heavy (non-hydrogen) atoms. The number of halogens is 1. The number of nitrogens with zero attached hydrogens (tertiary/aromatic N) is 3. The fraction of sp³-hybridized carbons (Fsp3) is 0.136. The topological polar surface area (TPSA) is 101 Å². The zero-order chi connectivity index (χ0) is 23.3. The van der Waals surface area contributed by atoms with Crippen molar-refractivity contribution in [2.75, 3.05) is 17.9 Å². The maximum atomic E-state index is 13.3. The van der Waals surface area contributed by atoms with Gasteiger partial charge in [0.2, 0.25) is 5.91 Å². The molecule has 0 aliphatic heterocycles. The number of amides is 1. The highest BCUT2D eigenvalue weighted by Gasteiger charge is 2.28. The summed E-state index contributed by atoms with van der Waals surface area (Å²) in [5.74, 6) is -0.446. The molecule has 0 bridgehead atoms. The lowest BCUT2D eigenvalue weighted by atomic mass is 10.2. The van der Waals surface area contributed by atoms with Crippen LogP contribution in [0, 0.1) is 10.1 Å². The Morgan fingerprint density at radius 2 is 1.56 bits per heavy atom. The van der Waals surface area contributed by atoms with E-state index in [0.717, 1.165) is 9.87 Å². The maximum Gasteiger partial charge on any atom is 0.269 e. The number of likely N-dealkylation sites (N-methyl/N-ethyl adjacent to an activating group) is 1. The van der Waals surface area contributed by atoms with Crippen molar-refractivity contribution in [1.29, 1.82) is 0 Å². The van der Waals surface area contributed by atoms with Gasteiger partial charge in [0.15, 0.2) is 0 Å². The first-order chi connectivity index (χ1) is 15.2. The summed E-state index contributed by atoms with van der Waals surface area (Å²) in [6, 6.07) is 19.7. The molecule has 0 fully saturated rings. The third kappa shape index (κ3) is 5.43. The lowest BCUT2D eigenvalue weighted by Gasteiger charge is -2.26. The number of nitro groups is 1. The molecule has 0 saturated heterocycles. The van der Waals surface area contributed by atoms with E-state index in [9.17, 15) is 23.3 Å². The van der Waals surface area contributed by atoms with Crippen molar-refractivity contribution in [2.45, 2.75) is 11.4 Å². The van der Waals surface area contributed by atoms with Crippen molar-refractivity contribution in [3.8, 4) is 0 Å². The van der Waals surface area contributed by atoms with Crippen LogP contribution in [0.4, 0.5) is 11.4 Å². The lowest BCUT2D eigenvalue weighted by Crippen LogP contribution is -2.41. The molecule has 3 aromatic carbocycles. The van der Waals surface area contributed by atoms with Gasteiger partial charge in [-0.1, -0.05) is 41.9 Å². The van der Waals surface area contributed by atoms with Crippen molar-refractivity contribution in [1.82, 2.24) is 4.90 Å². The second kappa shape index (κ2) is 9.80. The summed E-state index contributed by atoms with van der Waals surface area (Å²) in [7, 11) is -2.53. The molecule has 8 nitrogen and oxygen atoms in total. The molecular formula is C22H20ClN3O5S. The Kier molecular flexibility index (Phi) is 7.12. The molecule has 0 heterocycles. The Morgan fingerprint density at radius 3 is 2.12 bits per heavy atom. The number of anilines is 1. The summed E-state index contributed by atoms with van der Waals surface area (Å²) in [5, 5.41) is 11.5. The van der Waals surface area contributed by atoms with Crippen molar-refractivity contribution in [3.05, 3.63) is 99.6 Å². The number of hydrogen-bond donors (Lipinski definition) is 0. The van der Waals surface area contributed by atoms with Gasteiger partial charge in [-0.15, -0.1) is 0 Å². The molecule has 3 rings (SSSR count). The summed E-state index contributed by atoms with van der Waals surface area (Å²) in [6.45, 7) is -0.214. The molecule has 1 amide bonds. The average molecular weight is 474 g/mol. The van der Waals surface area contributed by atoms with E-state index < -0.39 is 27.4 Å². The summed E-state index contributed by atoms with van der Waals surface area (Å²) >= 11 is 5.89. The fourth-order valence-corrected chi connectivity index (χ4v) is 4.53. The van der Waals surface area contributed by atoms with Crippen molar-refractivity contribution in [3.63, 3.8) is 0 Å². The first-order valence-electron chi connectivity index (χ1n) is 9.49. The maximum absolute atomic E-state index is 13.3. The highest BCUT2D eigenvalue weighted by molar-refractivity contribution is 7.92. The minimum atomic E-state index is -4.10. The Balaban J connectivity index is 1.90. The monoisotopic (exact) mass is 473 g/mol. The standard InChI is InChI=1S/C22H20ClN3O5S/c1-24(15-17-7-9-18(23)10-8-17)22(27)16-25(19-11-13-20(14-12-19)26(28)29)32(30,31)21-5-3-2-4-6-21/h2-14H,15-16H2,1H3. The molecule has 0 aromatic heterocycles. The van der Waals surface area contributed by atoms with E-state index in [0.29, 0.717) is 5.02 Å². The summed E-state index contributed by atoms with van der Waals surface area (Å²) in [4.78, 5) is 24.7. The molecule has 10 heteroatoms. The zero-order valence-electron chi connectivity index (χ0n) is 17.1. The molecule has 166 valence electrons.